The number of allylic oxidation sites excluding steroid dienone is 2. The third kappa shape index (κ3) is 2.64. The van der Waals surface area contributed by atoms with Gasteiger partial charge in [0.1, 0.15) is 22.8 Å². The number of aryl methyl sites for hydroxylation is 1. The minimum Gasteiger partial charge on any atom is -0.456 e. The summed E-state index contributed by atoms with van der Waals surface area (Å²) >= 11 is 7.92. The Morgan fingerprint density at radius 2 is 2.04 bits per heavy atom. The molecule has 0 N–H and O–H groups in total. The van der Waals surface area contributed by atoms with E-state index in [0.29, 0.717) is 0 Å². The molecule has 0 saturated carbocycles. The fourth-order valence-electron chi connectivity index (χ4n) is 3.03. The van der Waals surface area contributed by atoms with Gasteiger partial charge in [0.25, 0.3) is 5.01 Å². The smallest absolute Gasteiger partial charge is 0.266 e. The molecule has 120 valence electrons. The quantitative estimate of drug-likeness (QED) is 0.538. The van der Waals surface area contributed by atoms with Gasteiger partial charge in [-0.2, -0.15) is 4.57 Å². The number of benzene rings is 2. The summed E-state index contributed by atoms with van der Waals surface area (Å²) in [6, 6.07) is 14.2. The maximum absolute atomic E-state index is 6.17. The van der Waals surface area contributed by atoms with Crippen molar-refractivity contribution in [3.05, 3.63) is 69.9 Å². The molecular weight excluding hydrogens is 338 g/mol. The summed E-state index contributed by atoms with van der Waals surface area (Å²) < 4.78 is 9.57. The van der Waals surface area contributed by atoms with E-state index < -0.39 is 0 Å². The molecule has 1 aliphatic rings. The van der Waals surface area contributed by atoms with Crippen molar-refractivity contribution in [2.24, 2.45) is 0 Å². The molecule has 3 aromatic rings. The average molecular weight is 355 g/mol. The predicted octanol–water partition coefficient (Wildman–Crippen LogP) is 5.70. The van der Waals surface area contributed by atoms with Gasteiger partial charge >= 0.3 is 0 Å². The highest BCUT2D eigenvalue weighted by Gasteiger charge is 2.20. The molecule has 0 aliphatic carbocycles. The lowest BCUT2D eigenvalue weighted by molar-refractivity contribution is -0.665. The summed E-state index contributed by atoms with van der Waals surface area (Å²) in [5, 5.41) is 1.92. The zero-order chi connectivity index (χ0) is 16.7. The van der Waals surface area contributed by atoms with Gasteiger partial charge in [-0.3, -0.25) is 0 Å². The SMILES string of the molecule is CC[n+]1c(/C=C2\C=C(C)c3ccccc3O2)sc2ccc(Cl)cc21. The van der Waals surface area contributed by atoms with E-state index in [4.69, 9.17) is 16.3 Å². The minimum absolute atomic E-state index is 0.764. The highest BCUT2D eigenvalue weighted by molar-refractivity contribution is 7.18. The van der Waals surface area contributed by atoms with Crippen LogP contribution in [-0.4, -0.2) is 0 Å². The second-order valence-electron chi connectivity index (χ2n) is 5.77. The molecule has 0 saturated heterocycles. The Labute approximate surface area is 150 Å². The number of aromatic nitrogens is 1. The summed E-state index contributed by atoms with van der Waals surface area (Å²) in [5.74, 6) is 1.78. The van der Waals surface area contributed by atoms with Crippen LogP contribution >= 0.6 is 22.9 Å². The van der Waals surface area contributed by atoms with Crippen molar-refractivity contribution in [3.8, 4) is 5.75 Å². The first-order chi connectivity index (χ1) is 11.7. The van der Waals surface area contributed by atoms with Gasteiger partial charge in [0.05, 0.1) is 6.08 Å². The predicted molar refractivity (Wildman–Crippen MR) is 101 cm³/mol. The minimum atomic E-state index is 0.764. The van der Waals surface area contributed by atoms with Gasteiger partial charge in [-0.1, -0.05) is 41.1 Å². The highest BCUT2D eigenvalue weighted by Crippen LogP contribution is 2.34. The number of hydrogen-bond acceptors (Lipinski definition) is 2. The molecular formula is C20H17ClNOS+. The van der Waals surface area contributed by atoms with Crippen molar-refractivity contribution in [1.82, 2.24) is 0 Å². The standard InChI is InChI=1S/C20H17ClNOS/c1-3-22-17-11-14(21)8-9-19(17)24-20(22)12-15-10-13(2)16-6-4-5-7-18(16)23-15/h4-12H,3H2,1-2H3/q+1/b15-12+. The largest absolute Gasteiger partial charge is 0.456 e. The number of thiazole rings is 1. The van der Waals surface area contributed by atoms with Crippen molar-refractivity contribution >= 4 is 44.8 Å². The van der Waals surface area contributed by atoms with E-state index in [1.54, 1.807) is 11.3 Å². The lowest BCUT2D eigenvalue weighted by atomic mass is 10.0. The molecule has 0 fully saturated rings. The molecule has 2 aromatic carbocycles. The first-order valence-corrected chi connectivity index (χ1v) is 9.14. The summed E-state index contributed by atoms with van der Waals surface area (Å²) in [7, 11) is 0. The zero-order valence-electron chi connectivity index (χ0n) is 13.5. The Morgan fingerprint density at radius 3 is 2.88 bits per heavy atom. The molecule has 0 spiro atoms. The maximum Gasteiger partial charge on any atom is 0.266 e. The average Bonchev–Trinajstić information content (AvgIpc) is 2.91. The number of hydrogen-bond donors (Lipinski definition) is 0. The van der Waals surface area contributed by atoms with Gasteiger partial charge in [-0.05, 0) is 43.7 Å². The molecule has 0 atom stereocenters. The molecule has 1 aliphatic heterocycles. The van der Waals surface area contributed by atoms with Gasteiger partial charge in [-0.25, -0.2) is 0 Å². The molecule has 4 heteroatoms. The van der Waals surface area contributed by atoms with E-state index in [-0.39, 0.29) is 0 Å². The molecule has 0 amide bonds. The molecule has 2 heterocycles. The van der Waals surface area contributed by atoms with Crippen molar-refractivity contribution < 1.29 is 9.30 Å². The monoisotopic (exact) mass is 354 g/mol. The van der Waals surface area contributed by atoms with Crippen molar-refractivity contribution in [1.29, 1.82) is 0 Å². The van der Waals surface area contributed by atoms with Gasteiger partial charge in [0, 0.05) is 16.7 Å². The third-order valence-electron chi connectivity index (χ3n) is 4.17. The third-order valence-corrected chi connectivity index (χ3v) is 5.52. The molecule has 24 heavy (non-hydrogen) atoms. The van der Waals surface area contributed by atoms with Crippen LogP contribution in [0.2, 0.25) is 5.02 Å². The fraction of sp³-hybridized carbons (Fsp3) is 0.150. The number of ether oxygens (including phenoxy) is 1. The molecule has 0 radical (unpaired) electrons. The van der Waals surface area contributed by atoms with Gasteiger partial charge in [0.15, 0.2) is 0 Å². The summed E-state index contributed by atoms with van der Waals surface area (Å²) in [6.07, 6.45) is 4.21. The van der Waals surface area contributed by atoms with Crippen LogP contribution in [0.5, 0.6) is 5.75 Å². The Morgan fingerprint density at radius 1 is 1.21 bits per heavy atom. The lowest BCUT2D eigenvalue weighted by Crippen LogP contribution is -2.33. The zero-order valence-corrected chi connectivity index (χ0v) is 15.1. The van der Waals surface area contributed by atoms with Gasteiger partial charge < -0.3 is 4.74 Å². The van der Waals surface area contributed by atoms with Crippen LogP contribution in [0.4, 0.5) is 0 Å². The van der Waals surface area contributed by atoms with E-state index in [2.05, 4.69) is 42.7 Å². The van der Waals surface area contributed by atoms with Crippen molar-refractivity contribution in [2.45, 2.75) is 20.4 Å². The molecule has 0 bridgehead atoms. The normalized spacial score (nSPS) is 15.3. The number of halogens is 1. The number of rotatable bonds is 2. The lowest BCUT2D eigenvalue weighted by Gasteiger charge is -2.17. The van der Waals surface area contributed by atoms with Crippen LogP contribution < -0.4 is 9.30 Å². The summed E-state index contributed by atoms with van der Waals surface area (Å²) in [5.41, 5.74) is 3.54. The summed E-state index contributed by atoms with van der Waals surface area (Å²) in [4.78, 5) is 0. The Bertz CT molecular complexity index is 1000. The van der Waals surface area contributed by atoms with Crippen LogP contribution in [0, 0.1) is 0 Å². The van der Waals surface area contributed by atoms with Crippen LogP contribution in [-0.2, 0) is 6.54 Å². The van der Waals surface area contributed by atoms with E-state index >= 15 is 0 Å². The molecule has 2 nitrogen and oxygen atoms in total. The Kier molecular flexibility index (Phi) is 3.91. The van der Waals surface area contributed by atoms with Crippen LogP contribution in [0.15, 0.2) is 54.3 Å². The first kappa shape index (κ1) is 15.4. The van der Waals surface area contributed by atoms with E-state index in [1.807, 2.05) is 30.3 Å². The molecule has 4 rings (SSSR count). The fourth-order valence-corrected chi connectivity index (χ4v) is 4.34. The van der Waals surface area contributed by atoms with Crippen molar-refractivity contribution in [2.75, 3.05) is 0 Å². The summed E-state index contributed by atoms with van der Waals surface area (Å²) in [6.45, 7) is 5.15. The number of para-hydroxylation sites is 1. The van der Waals surface area contributed by atoms with Crippen LogP contribution in [0.25, 0.3) is 21.9 Å². The second-order valence-corrected chi connectivity index (χ2v) is 7.27. The van der Waals surface area contributed by atoms with Gasteiger partial charge in [-0.15, -0.1) is 0 Å². The van der Waals surface area contributed by atoms with E-state index in [0.717, 1.165) is 33.6 Å². The first-order valence-electron chi connectivity index (χ1n) is 7.95. The topological polar surface area (TPSA) is 13.1 Å². The second kappa shape index (κ2) is 6.08. The molecule has 0 unspecified atom stereocenters. The number of nitrogens with zero attached hydrogens (tertiary/aromatic N) is 1. The van der Waals surface area contributed by atoms with Gasteiger partial charge in [0.2, 0.25) is 5.52 Å². The number of fused-ring (bicyclic) bond motifs is 2. The Balaban J connectivity index is 1.82. The maximum atomic E-state index is 6.17. The van der Waals surface area contributed by atoms with Crippen LogP contribution in [0.3, 0.4) is 0 Å². The van der Waals surface area contributed by atoms with Crippen LogP contribution in [0.1, 0.15) is 24.4 Å². The highest BCUT2D eigenvalue weighted by atomic mass is 35.5. The molecule has 1 aromatic heterocycles. The Hall–Kier alpha value is -2.10. The van der Waals surface area contributed by atoms with E-state index in [9.17, 15) is 0 Å². The van der Waals surface area contributed by atoms with E-state index in [1.165, 1.54) is 15.8 Å². The van der Waals surface area contributed by atoms with Crippen molar-refractivity contribution in [3.63, 3.8) is 0 Å².